The maximum absolute atomic E-state index is 3.69. The van der Waals surface area contributed by atoms with Gasteiger partial charge >= 0.3 is 0 Å². The lowest BCUT2D eigenvalue weighted by molar-refractivity contribution is 0.369. The number of fused-ring (bicyclic) bond motifs is 1. The summed E-state index contributed by atoms with van der Waals surface area (Å²) in [6.07, 6.45) is 1.09. The Bertz CT molecular complexity index is 523. The summed E-state index contributed by atoms with van der Waals surface area (Å²) in [4.78, 5) is 0. The quantitative estimate of drug-likeness (QED) is 0.834. The van der Waals surface area contributed by atoms with E-state index in [1.165, 1.54) is 16.3 Å². The summed E-state index contributed by atoms with van der Waals surface area (Å²) in [6, 6.07) is 16.4. The van der Waals surface area contributed by atoms with Gasteiger partial charge in [-0.1, -0.05) is 70.2 Å². The molecule has 0 amide bonds. The van der Waals surface area contributed by atoms with Crippen LogP contribution in [0, 0.1) is 5.92 Å². The van der Waals surface area contributed by atoms with Crippen molar-refractivity contribution in [1.82, 2.24) is 5.32 Å². The summed E-state index contributed by atoms with van der Waals surface area (Å²) in [5, 5.41) is 6.42. The fourth-order valence-corrected chi connectivity index (χ4v) is 2.62. The highest BCUT2D eigenvalue weighted by Gasteiger charge is 2.15. The molecule has 0 bridgehead atoms. The minimum atomic E-state index is 0.530. The standard InChI is InChI=1S/C18H25N/c1-13(2)18(19-14(3)4)12-16-10-7-9-15-8-5-6-11-17(15)16/h5-11,13-14,18-19H,12H2,1-4H3. The first kappa shape index (κ1) is 14.1. The highest BCUT2D eigenvalue weighted by Crippen LogP contribution is 2.21. The first-order chi connectivity index (χ1) is 9.08. The van der Waals surface area contributed by atoms with Crippen LogP contribution in [0.15, 0.2) is 42.5 Å². The van der Waals surface area contributed by atoms with Gasteiger partial charge in [-0.05, 0) is 28.7 Å². The van der Waals surface area contributed by atoms with Crippen molar-refractivity contribution in [1.29, 1.82) is 0 Å². The van der Waals surface area contributed by atoms with Gasteiger partial charge in [-0.25, -0.2) is 0 Å². The van der Waals surface area contributed by atoms with Gasteiger partial charge in [0.15, 0.2) is 0 Å². The SMILES string of the molecule is CC(C)NC(Cc1cccc2ccccc12)C(C)C. The second-order valence-electron chi connectivity index (χ2n) is 6.01. The maximum atomic E-state index is 3.69. The Labute approximate surface area is 117 Å². The molecule has 0 aliphatic rings. The van der Waals surface area contributed by atoms with E-state index < -0.39 is 0 Å². The molecule has 0 heterocycles. The van der Waals surface area contributed by atoms with Gasteiger partial charge in [0.1, 0.15) is 0 Å². The summed E-state index contributed by atoms with van der Waals surface area (Å²) in [6.45, 7) is 9.04. The fraction of sp³-hybridized carbons (Fsp3) is 0.444. The first-order valence-corrected chi connectivity index (χ1v) is 7.30. The van der Waals surface area contributed by atoms with Crippen LogP contribution >= 0.6 is 0 Å². The van der Waals surface area contributed by atoms with Crippen molar-refractivity contribution in [2.24, 2.45) is 5.92 Å². The molecule has 1 nitrogen and oxygen atoms in total. The number of benzene rings is 2. The molecule has 2 rings (SSSR count). The maximum Gasteiger partial charge on any atom is 0.0133 e. The fourth-order valence-electron chi connectivity index (χ4n) is 2.62. The molecule has 1 N–H and O–H groups in total. The minimum Gasteiger partial charge on any atom is -0.311 e. The Kier molecular flexibility index (Phi) is 4.60. The normalized spacial score (nSPS) is 13.4. The van der Waals surface area contributed by atoms with Gasteiger partial charge in [0.2, 0.25) is 0 Å². The number of hydrogen-bond donors (Lipinski definition) is 1. The molecule has 2 aromatic carbocycles. The molecule has 0 spiro atoms. The molecule has 0 radical (unpaired) electrons. The molecule has 1 atom stereocenters. The van der Waals surface area contributed by atoms with E-state index in [2.05, 4.69) is 75.5 Å². The Balaban J connectivity index is 2.28. The zero-order chi connectivity index (χ0) is 13.8. The lowest BCUT2D eigenvalue weighted by atomic mass is 9.93. The Morgan fingerprint density at radius 1 is 0.895 bits per heavy atom. The number of nitrogens with one attached hydrogen (secondary N) is 1. The topological polar surface area (TPSA) is 12.0 Å². The van der Waals surface area contributed by atoms with E-state index in [9.17, 15) is 0 Å². The molecular formula is C18H25N. The third-order valence-electron chi connectivity index (χ3n) is 3.67. The van der Waals surface area contributed by atoms with Crippen molar-refractivity contribution in [2.75, 3.05) is 0 Å². The van der Waals surface area contributed by atoms with Crippen LogP contribution in [0.1, 0.15) is 33.3 Å². The largest absolute Gasteiger partial charge is 0.311 e. The predicted octanol–water partition coefficient (Wildman–Crippen LogP) is 4.40. The van der Waals surface area contributed by atoms with Gasteiger partial charge in [-0.2, -0.15) is 0 Å². The van der Waals surface area contributed by atoms with Gasteiger partial charge < -0.3 is 5.32 Å². The van der Waals surface area contributed by atoms with Gasteiger partial charge in [-0.15, -0.1) is 0 Å². The van der Waals surface area contributed by atoms with Crippen LogP contribution in [0.4, 0.5) is 0 Å². The van der Waals surface area contributed by atoms with Gasteiger partial charge in [0.05, 0.1) is 0 Å². The lowest BCUT2D eigenvalue weighted by Crippen LogP contribution is -2.40. The predicted molar refractivity (Wildman–Crippen MR) is 84.5 cm³/mol. The van der Waals surface area contributed by atoms with Gasteiger partial charge in [0.25, 0.3) is 0 Å². The van der Waals surface area contributed by atoms with Crippen LogP contribution in [0.2, 0.25) is 0 Å². The summed E-state index contributed by atoms with van der Waals surface area (Å²) in [5.74, 6) is 0.640. The monoisotopic (exact) mass is 255 g/mol. The van der Waals surface area contributed by atoms with E-state index in [4.69, 9.17) is 0 Å². The van der Waals surface area contributed by atoms with Crippen molar-refractivity contribution < 1.29 is 0 Å². The summed E-state index contributed by atoms with van der Waals surface area (Å²) >= 11 is 0. The third-order valence-corrected chi connectivity index (χ3v) is 3.67. The molecule has 102 valence electrons. The van der Waals surface area contributed by atoms with Crippen molar-refractivity contribution in [3.63, 3.8) is 0 Å². The number of rotatable bonds is 5. The van der Waals surface area contributed by atoms with Crippen LogP contribution in [0.3, 0.4) is 0 Å². The molecule has 0 fully saturated rings. The molecule has 2 aromatic rings. The van der Waals surface area contributed by atoms with Crippen LogP contribution < -0.4 is 5.32 Å². The Hall–Kier alpha value is -1.34. The van der Waals surface area contributed by atoms with Crippen molar-refractivity contribution >= 4 is 10.8 Å². The highest BCUT2D eigenvalue weighted by molar-refractivity contribution is 5.85. The zero-order valence-corrected chi connectivity index (χ0v) is 12.5. The van der Waals surface area contributed by atoms with Crippen LogP contribution in [-0.4, -0.2) is 12.1 Å². The van der Waals surface area contributed by atoms with Crippen molar-refractivity contribution in [3.8, 4) is 0 Å². The molecule has 0 aromatic heterocycles. The van der Waals surface area contributed by atoms with E-state index in [0.717, 1.165) is 6.42 Å². The smallest absolute Gasteiger partial charge is 0.0133 e. The van der Waals surface area contributed by atoms with Crippen LogP contribution in [-0.2, 0) is 6.42 Å². The Morgan fingerprint density at radius 2 is 1.58 bits per heavy atom. The van der Waals surface area contributed by atoms with E-state index in [-0.39, 0.29) is 0 Å². The summed E-state index contributed by atoms with van der Waals surface area (Å²) in [7, 11) is 0. The van der Waals surface area contributed by atoms with Gasteiger partial charge in [-0.3, -0.25) is 0 Å². The molecule has 0 aliphatic heterocycles. The molecule has 1 unspecified atom stereocenters. The highest BCUT2D eigenvalue weighted by atomic mass is 14.9. The van der Waals surface area contributed by atoms with E-state index in [0.29, 0.717) is 18.0 Å². The molecule has 0 aliphatic carbocycles. The third kappa shape index (κ3) is 3.57. The number of hydrogen-bond acceptors (Lipinski definition) is 1. The minimum absolute atomic E-state index is 0.530. The zero-order valence-electron chi connectivity index (χ0n) is 12.5. The Morgan fingerprint density at radius 3 is 2.26 bits per heavy atom. The first-order valence-electron chi connectivity index (χ1n) is 7.30. The molecule has 19 heavy (non-hydrogen) atoms. The molecule has 0 saturated heterocycles. The van der Waals surface area contributed by atoms with Crippen LogP contribution in [0.25, 0.3) is 10.8 Å². The second-order valence-corrected chi connectivity index (χ2v) is 6.01. The van der Waals surface area contributed by atoms with Crippen LogP contribution in [0.5, 0.6) is 0 Å². The summed E-state index contributed by atoms with van der Waals surface area (Å²) < 4.78 is 0. The average molecular weight is 255 g/mol. The molecule has 1 heteroatoms. The van der Waals surface area contributed by atoms with Crippen molar-refractivity contribution in [3.05, 3.63) is 48.0 Å². The summed E-state index contributed by atoms with van der Waals surface area (Å²) in [5.41, 5.74) is 1.45. The van der Waals surface area contributed by atoms with E-state index in [1.54, 1.807) is 0 Å². The molecular weight excluding hydrogens is 230 g/mol. The molecule has 0 saturated carbocycles. The lowest BCUT2D eigenvalue weighted by Gasteiger charge is -2.25. The van der Waals surface area contributed by atoms with E-state index in [1.807, 2.05) is 0 Å². The second kappa shape index (κ2) is 6.21. The van der Waals surface area contributed by atoms with E-state index >= 15 is 0 Å². The average Bonchev–Trinajstić information content (AvgIpc) is 2.37. The van der Waals surface area contributed by atoms with Crippen molar-refractivity contribution in [2.45, 2.75) is 46.2 Å². The van der Waals surface area contributed by atoms with Gasteiger partial charge in [0, 0.05) is 12.1 Å².